The Morgan fingerprint density at radius 1 is 0.947 bits per heavy atom. The van der Waals surface area contributed by atoms with E-state index in [-0.39, 0.29) is 0 Å². The van der Waals surface area contributed by atoms with Crippen LogP contribution in [0.1, 0.15) is 0 Å². The Bertz CT molecular complexity index is 821. The minimum Gasteiger partial charge on any atom is -0.456 e. The van der Waals surface area contributed by atoms with Crippen molar-refractivity contribution in [2.45, 2.75) is 0 Å². The van der Waals surface area contributed by atoms with Gasteiger partial charge in [0.05, 0.1) is 5.02 Å². The summed E-state index contributed by atoms with van der Waals surface area (Å²) in [5.74, 6) is 1.68. The summed E-state index contributed by atoms with van der Waals surface area (Å²) >= 11 is 9.84. The first-order valence-electron chi connectivity index (χ1n) is 5.93. The average Bonchev–Trinajstić information content (AvgIpc) is 2.38. The van der Waals surface area contributed by atoms with E-state index in [1.807, 2.05) is 24.3 Å². The lowest BCUT2D eigenvalue weighted by Gasteiger charge is -2.22. The van der Waals surface area contributed by atoms with Crippen LogP contribution < -0.4 is 4.74 Å². The van der Waals surface area contributed by atoms with Crippen LogP contribution >= 0.6 is 27.5 Å². The van der Waals surface area contributed by atoms with Crippen molar-refractivity contribution >= 4 is 38.3 Å². The van der Waals surface area contributed by atoms with Crippen molar-refractivity contribution in [2.75, 3.05) is 0 Å². The van der Waals surface area contributed by atoms with Gasteiger partial charge in [-0.3, -0.25) is 0 Å². The standard InChI is InChI=1S/C16H8BrClO/c17-10-7-12(18)16-11-5-1-3-9-4-2-6-13(15(9)11)19-14(16)8-10/h1-8H. The van der Waals surface area contributed by atoms with Crippen molar-refractivity contribution in [3.05, 3.63) is 58.0 Å². The molecule has 1 aliphatic rings. The highest BCUT2D eigenvalue weighted by Crippen LogP contribution is 2.49. The molecule has 0 amide bonds. The molecule has 0 fully saturated rings. The number of hydrogen-bond donors (Lipinski definition) is 0. The third-order valence-corrected chi connectivity index (χ3v) is 4.13. The summed E-state index contributed by atoms with van der Waals surface area (Å²) in [7, 11) is 0. The minimum atomic E-state index is 0.700. The van der Waals surface area contributed by atoms with Crippen LogP contribution in [0.25, 0.3) is 21.9 Å². The molecule has 0 saturated heterocycles. The molecule has 4 rings (SSSR count). The van der Waals surface area contributed by atoms with Crippen molar-refractivity contribution < 1.29 is 4.74 Å². The van der Waals surface area contributed by atoms with E-state index in [0.717, 1.165) is 32.5 Å². The number of hydrogen-bond acceptors (Lipinski definition) is 1. The van der Waals surface area contributed by atoms with Crippen molar-refractivity contribution in [1.29, 1.82) is 0 Å². The van der Waals surface area contributed by atoms with Crippen LogP contribution in [0.15, 0.2) is 53.0 Å². The molecular weight excluding hydrogens is 324 g/mol. The second kappa shape index (κ2) is 3.99. The van der Waals surface area contributed by atoms with Gasteiger partial charge in [-0.05, 0) is 29.1 Å². The van der Waals surface area contributed by atoms with Crippen LogP contribution in [-0.4, -0.2) is 0 Å². The molecule has 3 aromatic rings. The van der Waals surface area contributed by atoms with Gasteiger partial charge in [0.1, 0.15) is 11.5 Å². The van der Waals surface area contributed by atoms with Gasteiger partial charge in [0.25, 0.3) is 0 Å². The van der Waals surface area contributed by atoms with Gasteiger partial charge in [0.15, 0.2) is 0 Å². The molecule has 0 atom stereocenters. The maximum Gasteiger partial charge on any atom is 0.137 e. The number of halogens is 2. The maximum atomic E-state index is 6.39. The van der Waals surface area contributed by atoms with E-state index in [1.54, 1.807) is 0 Å². The van der Waals surface area contributed by atoms with Gasteiger partial charge in [-0.25, -0.2) is 0 Å². The Kier molecular flexibility index (Phi) is 2.38. The fourth-order valence-electron chi connectivity index (χ4n) is 2.61. The Balaban J connectivity index is 2.19. The van der Waals surface area contributed by atoms with E-state index in [9.17, 15) is 0 Å². The number of ether oxygens (including phenoxy) is 1. The second-order valence-electron chi connectivity index (χ2n) is 4.52. The fraction of sp³-hybridized carbons (Fsp3) is 0. The zero-order chi connectivity index (χ0) is 13.0. The molecule has 1 nitrogen and oxygen atoms in total. The third-order valence-electron chi connectivity index (χ3n) is 3.37. The zero-order valence-corrected chi connectivity index (χ0v) is 12.1. The van der Waals surface area contributed by atoms with Crippen molar-refractivity contribution in [3.63, 3.8) is 0 Å². The molecule has 0 N–H and O–H groups in total. The maximum absolute atomic E-state index is 6.39. The predicted molar refractivity (Wildman–Crippen MR) is 82.2 cm³/mol. The van der Waals surface area contributed by atoms with Crippen LogP contribution in [0.3, 0.4) is 0 Å². The van der Waals surface area contributed by atoms with Gasteiger partial charge in [0, 0.05) is 15.4 Å². The molecule has 3 aromatic carbocycles. The highest BCUT2D eigenvalue weighted by molar-refractivity contribution is 9.10. The summed E-state index contributed by atoms with van der Waals surface area (Å²) in [6.45, 7) is 0. The lowest BCUT2D eigenvalue weighted by molar-refractivity contribution is 0.486. The SMILES string of the molecule is Clc1cc(Br)cc2c1-c1cccc3cccc(c13)O2. The predicted octanol–water partition coefficient (Wildman–Crippen LogP) is 6.03. The molecule has 1 aliphatic heterocycles. The molecule has 0 spiro atoms. The quantitative estimate of drug-likeness (QED) is 0.382. The minimum absolute atomic E-state index is 0.700. The Hall–Kier alpha value is -1.51. The number of rotatable bonds is 0. The first-order chi connectivity index (χ1) is 9.24. The third kappa shape index (κ3) is 1.60. The zero-order valence-electron chi connectivity index (χ0n) is 9.78. The molecule has 19 heavy (non-hydrogen) atoms. The summed E-state index contributed by atoms with van der Waals surface area (Å²) in [4.78, 5) is 0. The largest absolute Gasteiger partial charge is 0.456 e. The van der Waals surface area contributed by atoms with Gasteiger partial charge in [-0.1, -0.05) is 57.9 Å². The lowest BCUT2D eigenvalue weighted by atomic mass is 9.95. The molecule has 0 bridgehead atoms. The summed E-state index contributed by atoms with van der Waals surface area (Å²) in [6.07, 6.45) is 0. The number of benzene rings is 3. The van der Waals surface area contributed by atoms with Crippen molar-refractivity contribution in [3.8, 4) is 22.6 Å². The molecule has 0 aliphatic carbocycles. The molecule has 1 heterocycles. The van der Waals surface area contributed by atoms with Crippen LogP contribution in [0.2, 0.25) is 5.02 Å². The summed E-state index contributed by atoms with van der Waals surface area (Å²) in [6, 6.07) is 16.2. The van der Waals surface area contributed by atoms with Gasteiger partial charge in [0.2, 0.25) is 0 Å². The molecule has 0 aromatic heterocycles. The van der Waals surface area contributed by atoms with Gasteiger partial charge >= 0.3 is 0 Å². The highest BCUT2D eigenvalue weighted by Gasteiger charge is 2.22. The fourth-order valence-corrected chi connectivity index (χ4v) is 3.49. The normalized spacial score (nSPS) is 12.1. The molecule has 3 heteroatoms. The Labute approximate surface area is 123 Å². The summed E-state index contributed by atoms with van der Waals surface area (Å²) in [5.41, 5.74) is 2.10. The molecular formula is C16H8BrClO. The van der Waals surface area contributed by atoms with Gasteiger partial charge in [-0.2, -0.15) is 0 Å². The smallest absolute Gasteiger partial charge is 0.137 e. The summed E-state index contributed by atoms with van der Waals surface area (Å²) < 4.78 is 6.92. The second-order valence-corrected chi connectivity index (χ2v) is 5.85. The van der Waals surface area contributed by atoms with Crippen LogP contribution in [-0.2, 0) is 0 Å². The number of fused-ring (bicyclic) bond motifs is 2. The Morgan fingerprint density at radius 2 is 1.74 bits per heavy atom. The van der Waals surface area contributed by atoms with E-state index >= 15 is 0 Å². The first-order valence-corrected chi connectivity index (χ1v) is 7.10. The van der Waals surface area contributed by atoms with E-state index in [4.69, 9.17) is 16.3 Å². The van der Waals surface area contributed by atoms with Gasteiger partial charge in [-0.15, -0.1) is 0 Å². The monoisotopic (exact) mass is 330 g/mol. The molecule has 0 unspecified atom stereocenters. The van der Waals surface area contributed by atoms with Crippen molar-refractivity contribution in [2.24, 2.45) is 0 Å². The Morgan fingerprint density at radius 3 is 2.58 bits per heavy atom. The molecule has 0 radical (unpaired) electrons. The van der Waals surface area contributed by atoms with Crippen LogP contribution in [0.5, 0.6) is 11.5 Å². The first kappa shape index (κ1) is 11.3. The van der Waals surface area contributed by atoms with E-state index in [1.165, 1.54) is 5.39 Å². The molecule has 0 saturated carbocycles. The average molecular weight is 332 g/mol. The van der Waals surface area contributed by atoms with E-state index in [0.29, 0.717) is 5.02 Å². The highest BCUT2D eigenvalue weighted by atomic mass is 79.9. The van der Waals surface area contributed by atoms with Crippen LogP contribution in [0.4, 0.5) is 0 Å². The molecule has 92 valence electrons. The lowest BCUT2D eigenvalue weighted by Crippen LogP contribution is -1.97. The van der Waals surface area contributed by atoms with E-state index < -0.39 is 0 Å². The summed E-state index contributed by atoms with van der Waals surface area (Å²) in [5, 5.41) is 2.99. The topological polar surface area (TPSA) is 9.23 Å². The van der Waals surface area contributed by atoms with E-state index in [2.05, 4.69) is 40.2 Å². The van der Waals surface area contributed by atoms with Gasteiger partial charge < -0.3 is 4.74 Å². The van der Waals surface area contributed by atoms with Crippen LogP contribution in [0, 0.1) is 0 Å². The van der Waals surface area contributed by atoms with Crippen molar-refractivity contribution in [1.82, 2.24) is 0 Å².